The molecule has 0 saturated heterocycles. The third-order valence-corrected chi connectivity index (χ3v) is 17.2. The van der Waals surface area contributed by atoms with Crippen molar-refractivity contribution in [3.8, 4) is 0 Å². The normalized spacial score (nSPS) is 14.6. The van der Waals surface area contributed by atoms with E-state index in [0.29, 0.717) is 0 Å². The molecule has 18 heavy (non-hydrogen) atoms. The molecule has 0 N–H and O–H groups in total. The maximum atomic E-state index is 6.25. The number of allylic oxidation sites excluding steroid dienone is 4. The highest BCUT2D eigenvalue weighted by Crippen LogP contribution is 2.34. The average molecular weight is 299 g/mol. The summed E-state index contributed by atoms with van der Waals surface area (Å²) in [7, 11) is -2.82. The van der Waals surface area contributed by atoms with Gasteiger partial charge in [-0.25, -0.2) is 0 Å². The molecule has 0 rings (SSSR count). The molecule has 102 valence electrons. The number of hydrogen-bond acceptors (Lipinski definition) is 0. The van der Waals surface area contributed by atoms with Crippen molar-refractivity contribution in [2.24, 2.45) is 0 Å². The van der Waals surface area contributed by atoms with Gasteiger partial charge >= 0.3 is 0 Å². The van der Waals surface area contributed by atoms with Crippen molar-refractivity contribution in [2.45, 2.75) is 36.4 Å². The van der Waals surface area contributed by atoms with E-state index in [0.717, 1.165) is 29.7 Å². The van der Waals surface area contributed by atoms with Crippen LogP contribution in [0.1, 0.15) is 0 Å². The van der Waals surface area contributed by atoms with E-state index in [1.165, 1.54) is 5.67 Å². The lowest BCUT2D eigenvalue weighted by Gasteiger charge is -2.37. The van der Waals surface area contributed by atoms with Crippen LogP contribution in [0.5, 0.6) is 0 Å². The molecule has 1 unspecified atom stereocenters. The molecule has 0 aromatic carbocycles. The highest BCUT2D eigenvalue weighted by atomic mass is 35.5. The van der Waals surface area contributed by atoms with Gasteiger partial charge in [0, 0.05) is 5.50 Å². The van der Waals surface area contributed by atoms with Crippen LogP contribution in [0, 0.1) is 0 Å². The van der Waals surface area contributed by atoms with Crippen LogP contribution in [0.15, 0.2) is 50.6 Å². The van der Waals surface area contributed by atoms with E-state index >= 15 is 0 Å². The van der Waals surface area contributed by atoms with E-state index in [4.69, 9.17) is 11.6 Å². The topological polar surface area (TPSA) is 0 Å². The van der Waals surface area contributed by atoms with Crippen LogP contribution in [0.2, 0.25) is 36.4 Å². The zero-order valence-corrected chi connectivity index (χ0v) is 14.5. The minimum atomic E-state index is -1.41. The smallest absolute Gasteiger partial charge is 0.0681 e. The minimum Gasteiger partial charge on any atom is -0.130 e. The fourth-order valence-corrected chi connectivity index (χ4v) is 17.1. The summed E-state index contributed by atoms with van der Waals surface area (Å²) in [6.45, 7) is 18.1. The summed E-state index contributed by atoms with van der Waals surface area (Å²) in [4.78, 5) is 0. The summed E-state index contributed by atoms with van der Waals surface area (Å²) in [5, 5.41) is 0. The summed E-state index contributed by atoms with van der Waals surface area (Å²) < 4.78 is 0. The van der Waals surface area contributed by atoms with Gasteiger partial charge in [-0.15, -0.1) is 37.9 Å². The van der Waals surface area contributed by atoms with Crippen molar-refractivity contribution in [3.63, 3.8) is 0 Å². The van der Waals surface area contributed by atoms with E-state index in [-0.39, 0.29) is 0 Å². The Balaban J connectivity index is 5.13. The summed E-state index contributed by atoms with van der Waals surface area (Å²) in [6, 6.07) is 4.53. The SMILES string of the molecule is C=CC[Si](C)(CCl)C[Si](CC=C)(CC=C)CC=C. The summed E-state index contributed by atoms with van der Waals surface area (Å²) >= 11 is 6.25. The first kappa shape index (κ1) is 17.7. The summed E-state index contributed by atoms with van der Waals surface area (Å²) in [6.07, 6.45) is 8.28. The fourth-order valence-electron chi connectivity index (χ4n) is 2.81. The molecule has 0 amide bonds. The molecule has 0 aromatic rings. The average Bonchev–Trinajstić information content (AvgIpc) is 2.30. The molecule has 0 heterocycles. The van der Waals surface area contributed by atoms with Gasteiger partial charge in [0.15, 0.2) is 0 Å². The first-order valence-electron chi connectivity index (χ1n) is 6.51. The minimum absolute atomic E-state index is 0.819. The molecule has 0 aliphatic heterocycles. The van der Waals surface area contributed by atoms with Crippen LogP contribution in [-0.4, -0.2) is 21.7 Å². The summed E-state index contributed by atoms with van der Waals surface area (Å²) in [5.74, 6) is 0. The lowest BCUT2D eigenvalue weighted by atomic mass is 10.7. The molecule has 1 atom stereocenters. The maximum absolute atomic E-state index is 6.25. The lowest BCUT2D eigenvalue weighted by Crippen LogP contribution is -2.46. The maximum Gasteiger partial charge on any atom is 0.0681 e. The fraction of sp³-hybridized carbons (Fsp3) is 0.467. The third-order valence-electron chi connectivity index (χ3n) is 3.49. The molecule has 0 radical (unpaired) electrons. The highest BCUT2D eigenvalue weighted by Gasteiger charge is 2.38. The van der Waals surface area contributed by atoms with Crippen molar-refractivity contribution in [1.29, 1.82) is 0 Å². The molecule has 0 aliphatic carbocycles. The first-order valence-corrected chi connectivity index (χ1v) is 13.0. The molecular formula is C15H27ClSi2. The van der Waals surface area contributed by atoms with Gasteiger partial charge < -0.3 is 0 Å². The van der Waals surface area contributed by atoms with E-state index < -0.39 is 16.1 Å². The number of rotatable bonds is 11. The van der Waals surface area contributed by atoms with E-state index in [2.05, 4.69) is 51.1 Å². The van der Waals surface area contributed by atoms with Gasteiger partial charge in [0.05, 0.1) is 16.1 Å². The van der Waals surface area contributed by atoms with Gasteiger partial charge in [-0.1, -0.05) is 36.5 Å². The lowest BCUT2D eigenvalue weighted by molar-refractivity contribution is 1.29. The van der Waals surface area contributed by atoms with Gasteiger partial charge in [0.1, 0.15) is 0 Å². The molecular weight excluding hydrogens is 272 g/mol. The van der Waals surface area contributed by atoms with Crippen molar-refractivity contribution in [1.82, 2.24) is 0 Å². The van der Waals surface area contributed by atoms with Crippen molar-refractivity contribution in [3.05, 3.63) is 50.6 Å². The standard InChI is InChI=1S/C15H27ClSi2/c1-6-10-17(5,14-16)15-18(11-7-2,12-8-3)13-9-4/h6-9H,1-4,10-15H2,5H3. The van der Waals surface area contributed by atoms with E-state index in [1.54, 1.807) is 0 Å². The number of hydrogen-bond donors (Lipinski definition) is 0. The van der Waals surface area contributed by atoms with Crippen LogP contribution in [0.3, 0.4) is 0 Å². The molecule has 0 saturated carbocycles. The Morgan fingerprint density at radius 1 is 0.833 bits per heavy atom. The predicted octanol–water partition coefficient (Wildman–Crippen LogP) is 5.58. The van der Waals surface area contributed by atoms with Gasteiger partial charge in [0.25, 0.3) is 0 Å². The molecule has 0 bridgehead atoms. The predicted molar refractivity (Wildman–Crippen MR) is 92.9 cm³/mol. The molecule has 0 aromatic heterocycles. The van der Waals surface area contributed by atoms with Crippen LogP contribution < -0.4 is 0 Å². The van der Waals surface area contributed by atoms with E-state index in [1.807, 2.05) is 6.08 Å². The number of halogens is 1. The Labute approximate surface area is 120 Å². The zero-order chi connectivity index (χ0) is 14.1. The second-order valence-electron chi connectivity index (χ2n) is 5.59. The van der Waals surface area contributed by atoms with Crippen LogP contribution in [0.4, 0.5) is 0 Å². The van der Waals surface area contributed by atoms with Crippen molar-refractivity contribution >= 4 is 27.7 Å². The van der Waals surface area contributed by atoms with Crippen molar-refractivity contribution in [2.75, 3.05) is 5.50 Å². The monoisotopic (exact) mass is 298 g/mol. The van der Waals surface area contributed by atoms with Gasteiger partial charge in [-0.3, -0.25) is 0 Å². The van der Waals surface area contributed by atoms with E-state index in [9.17, 15) is 0 Å². The molecule has 0 nitrogen and oxygen atoms in total. The Kier molecular flexibility index (Phi) is 8.57. The van der Waals surface area contributed by atoms with Crippen LogP contribution in [0.25, 0.3) is 0 Å². The number of alkyl halides is 1. The molecule has 0 spiro atoms. The quantitative estimate of drug-likeness (QED) is 0.265. The first-order chi connectivity index (χ1) is 8.51. The van der Waals surface area contributed by atoms with Crippen LogP contribution >= 0.6 is 11.6 Å². The van der Waals surface area contributed by atoms with Crippen LogP contribution in [-0.2, 0) is 0 Å². The Bertz CT molecular complexity index is 272. The summed E-state index contributed by atoms with van der Waals surface area (Å²) in [5.41, 5.74) is 2.14. The molecule has 0 fully saturated rings. The van der Waals surface area contributed by atoms with Gasteiger partial charge in [-0.2, -0.15) is 0 Å². The second-order valence-corrected chi connectivity index (χ2v) is 16.3. The largest absolute Gasteiger partial charge is 0.130 e. The van der Waals surface area contributed by atoms with Gasteiger partial charge in [-0.05, 0) is 24.2 Å². The van der Waals surface area contributed by atoms with Gasteiger partial charge in [0.2, 0.25) is 0 Å². The van der Waals surface area contributed by atoms with Crippen molar-refractivity contribution < 1.29 is 0 Å². The molecule has 3 heteroatoms. The second kappa shape index (κ2) is 8.73. The zero-order valence-electron chi connectivity index (χ0n) is 11.8. The Morgan fingerprint density at radius 2 is 1.22 bits per heavy atom. The molecule has 0 aliphatic rings. The third kappa shape index (κ3) is 5.55. The Morgan fingerprint density at radius 3 is 1.50 bits per heavy atom. The highest BCUT2D eigenvalue weighted by molar-refractivity contribution is 6.99. The Hall–Kier alpha value is -0.316.